The van der Waals surface area contributed by atoms with Gasteiger partial charge in [0.2, 0.25) is 10.0 Å². The third-order valence-corrected chi connectivity index (χ3v) is 6.69. The van der Waals surface area contributed by atoms with Crippen molar-refractivity contribution in [2.45, 2.75) is 31.9 Å². The van der Waals surface area contributed by atoms with Crippen molar-refractivity contribution in [3.63, 3.8) is 0 Å². The molecule has 2 aliphatic heterocycles. The van der Waals surface area contributed by atoms with Gasteiger partial charge in [-0.3, -0.25) is 4.99 Å². The number of benzene rings is 1. The van der Waals surface area contributed by atoms with Crippen LogP contribution in [0.15, 0.2) is 29.3 Å². The molecule has 1 unspecified atom stereocenters. The predicted octanol–water partition coefficient (Wildman–Crippen LogP) is 1.99. The molecule has 0 aromatic heterocycles. The molecule has 0 aliphatic carbocycles. The molecule has 2 aliphatic rings. The first-order valence-electron chi connectivity index (χ1n) is 9.49. The Morgan fingerprint density at radius 2 is 2.07 bits per heavy atom. The Kier molecular flexibility index (Phi) is 8.53. The topological polar surface area (TPSA) is 74.2 Å². The van der Waals surface area contributed by atoms with E-state index in [-0.39, 0.29) is 36.1 Å². The SMILES string of the molecule is CN=C(NC[C@H]1CCCN1S(C)(=O)=O)N1CCOC(c2ccccc2C)C1.I. The summed E-state index contributed by atoms with van der Waals surface area (Å²) >= 11 is 0. The van der Waals surface area contributed by atoms with Crippen molar-refractivity contribution in [3.05, 3.63) is 35.4 Å². The zero-order valence-corrected chi connectivity index (χ0v) is 19.9. The minimum atomic E-state index is -3.16. The lowest BCUT2D eigenvalue weighted by molar-refractivity contribution is -0.00835. The molecule has 0 amide bonds. The van der Waals surface area contributed by atoms with E-state index in [4.69, 9.17) is 4.74 Å². The van der Waals surface area contributed by atoms with Gasteiger partial charge in [0.05, 0.1) is 19.4 Å². The summed E-state index contributed by atoms with van der Waals surface area (Å²) < 4.78 is 31.5. The fraction of sp³-hybridized carbons (Fsp3) is 0.632. The molecule has 0 spiro atoms. The van der Waals surface area contributed by atoms with E-state index < -0.39 is 10.0 Å². The average molecular weight is 522 g/mol. The number of ether oxygens (including phenoxy) is 1. The first-order chi connectivity index (χ1) is 12.9. The molecule has 9 heteroatoms. The highest BCUT2D eigenvalue weighted by molar-refractivity contribution is 14.0. The van der Waals surface area contributed by atoms with Gasteiger partial charge in [0.15, 0.2) is 5.96 Å². The molecular formula is C19H31IN4O3S. The van der Waals surface area contributed by atoms with E-state index >= 15 is 0 Å². The van der Waals surface area contributed by atoms with Crippen LogP contribution in [0.5, 0.6) is 0 Å². The van der Waals surface area contributed by atoms with Gasteiger partial charge in [-0.1, -0.05) is 24.3 Å². The highest BCUT2D eigenvalue weighted by Crippen LogP contribution is 2.25. The molecule has 2 heterocycles. The van der Waals surface area contributed by atoms with Gasteiger partial charge >= 0.3 is 0 Å². The van der Waals surface area contributed by atoms with E-state index in [2.05, 4.69) is 34.3 Å². The second-order valence-corrected chi connectivity index (χ2v) is 9.19. The van der Waals surface area contributed by atoms with Crippen molar-refractivity contribution in [3.8, 4) is 0 Å². The third kappa shape index (κ3) is 5.58. The van der Waals surface area contributed by atoms with Crippen LogP contribution in [0, 0.1) is 6.92 Å². The molecule has 1 aromatic carbocycles. The van der Waals surface area contributed by atoms with Crippen LogP contribution in [0.3, 0.4) is 0 Å². The van der Waals surface area contributed by atoms with Gasteiger partial charge in [-0.15, -0.1) is 24.0 Å². The van der Waals surface area contributed by atoms with Gasteiger partial charge in [0.1, 0.15) is 6.10 Å². The number of nitrogens with zero attached hydrogens (tertiary/aromatic N) is 3. The van der Waals surface area contributed by atoms with Gasteiger partial charge in [0, 0.05) is 32.7 Å². The summed E-state index contributed by atoms with van der Waals surface area (Å²) in [5, 5.41) is 3.38. The number of hydrogen-bond acceptors (Lipinski definition) is 4. The Hall–Kier alpha value is -0.910. The van der Waals surface area contributed by atoms with E-state index in [1.54, 1.807) is 11.4 Å². The van der Waals surface area contributed by atoms with Crippen molar-refractivity contribution in [2.24, 2.45) is 4.99 Å². The Bertz CT molecular complexity index is 787. The average Bonchev–Trinajstić information content (AvgIpc) is 3.12. The Labute approximate surface area is 185 Å². The van der Waals surface area contributed by atoms with E-state index in [0.717, 1.165) is 31.9 Å². The summed E-state index contributed by atoms with van der Waals surface area (Å²) in [6.07, 6.45) is 3.09. The van der Waals surface area contributed by atoms with Crippen LogP contribution in [0.2, 0.25) is 0 Å². The second kappa shape index (κ2) is 10.2. The second-order valence-electron chi connectivity index (χ2n) is 7.26. The van der Waals surface area contributed by atoms with Crippen molar-refractivity contribution < 1.29 is 13.2 Å². The number of nitrogens with one attached hydrogen (secondary N) is 1. The van der Waals surface area contributed by atoms with Gasteiger partial charge in [-0.05, 0) is 30.9 Å². The van der Waals surface area contributed by atoms with Crippen LogP contribution in [-0.2, 0) is 14.8 Å². The van der Waals surface area contributed by atoms with Crippen LogP contribution in [0.25, 0.3) is 0 Å². The van der Waals surface area contributed by atoms with Crippen LogP contribution in [0.1, 0.15) is 30.1 Å². The van der Waals surface area contributed by atoms with Crippen molar-refractivity contribution in [2.75, 3.05) is 46.1 Å². The molecule has 1 aromatic rings. The number of aliphatic imine (C=N–C) groups is 1. The molecule has 3 rings (SSSR count). The molecule has 7 nitrogen and oxygen atoms in total. The molecule has 158 valence electrons. The number of halogens is 1. The lowest BCUT2D eigenvalue weighted by Crippen LogP contribution is -2.51. The van der Waals surface area contributed by atoms with Crippen molar-refractivity contribution >= 4 is 40.0 Å². The summed E-state index contributed by atoms with van der Waals surface area (Å²) in [7, 11) is -1.39. The number of aryl methyl sites for hydroxylation is 1. The summed E-state index contributed by atoms with van der Waals surface area (Å²) in [6.45, 7) is 5.42. The Morgan fingerprint density at radius 3 is 2.75 bits per heavy atom. The van der Waals surface area contributed by atoms with Gasteiger partial charge in [0.25, 0.3) is 0 Å². The van der Waals surface area contributed by atoms with Crippen LogP contribution in [-0.4, -0.2) is 75.7 Å². The third-order valence-electron chi connectivity index (χ3n) is 5.36. The molecule has 1 N–H and O–H groups in total. The largest absolute Gasteiger partial charge is 0.370 e. The number of rotatable bonds is 4. The summed E-state index contributed by atoms with van der Waals surface area (Å²) in [4.78, 5) is 6.61. The molecule has 2 fully saturated rings. The van der Waals surface area contributed by atoms with Crippen LogP contribution >= 0.6 is 24.0 Å². The number of guanidine groups is 1. The standard InChI is InChI=1S/C19H30N4O3S.HI/c1-15-7-4-5-9-17(15)18-14-22(11-12-26-18)19(20-2)21-13-16-8-6-10-23(16)27(3,24)25;/h4-5,7,9,16,18H,6,8,10-14H2,1-3H3,(H,20,21);1H/t16-,18?;/m1./s1. The van der Waals surface area contributed by atoms with E-state index in [0.29, 0.717) is 19.7 Å². The number of sulfonamides is 1. The lowest BCUT2D eigenvalue weighted by atomic mass is 10.0. The summed E-state index contributed by atoms with van der Waals surface area (Å²) in [5.41, 5.74) is 2.43. The van der Waals surface area contributed by atoms with Crippen LogP contribution < -0.4 is 5.32 Å². The minimum Gasteiger partial charge on any atom is -0.370 e. The molecule has 28 heavy (non-hydrogen) atoms. The lowest BCUT2D eigenvalue weighted by Gasteiger charge is -2.36. The molecule has 0 radical (unpaired) electrons. The number of morpholine rings is 1. The van der Waals surface area contributed by atoms with Crippen molar-refractivity contribution in [1.82, 2.24) is 14.5 Å². The predicted molar refractivity (Wildman–Crippen MR) is 123 cm³/mol. The van der Waals surface area contributed by atoms with E-state index in [1.165, 1.54) is 17.4 Å². The summed E-state index contributed by atoms with van der Waals surface area (Å²) in [5.74, 6) is 0.803. The number of hydrogen-bond donors (Lipinski definition) is 1. The summed E-state index contributed by atoms with van der Waals surface area (Å²) in [6, 6.07) is 8.28. The zero-order chi connectivity index (χ0) is 19.4. The fourth-order valence-corrected chi connectivity index (χ4v) is 5.15. The maximum atomic E-state index is 11.9. The monoisotopic (exact) mass is 522 g/mol. The molecular weight excluding hydrogens is 491 g/mol. The minimum absolute atomic E-state index is 0. The first kappa shape index (κ1) is 23.4. The fourth-order valence-electron chi connectivity index (χ4n) is 3.97. The maximum absolute atomic E-state index is 11.9. The Balaban J connectivity index is 0.00000280. The van der Waals surface area contributed by atoms with Gasteiger partial charge in [-0.2, -0.15) is 4.31 Å². The maximum Gasteiger partial charge on any atom is 0.211 e. The normalized spacial score (nSPS) is 24.1. The Morgan fingerprint density at radius 1 is 1.32 bits per heavy atom. The van der Waals surface area contributed by atoms with Crippen LogP contribution in [0.4, 0.5) is 0 Å². The molecule has 2 atom stereocenters. The molecule has 2 saturated heterocycles. The molecule has 0 saturated carbocycles. The van der Waals surface area contributed by atoms with Gasteiger partial charge < -0.3 is 15.0 Å². The smallest absolute Gasteiger partial charge is 0.211 e. The quantitative estimate of drug-likeness (QED) is 0.372. The molecule has 0 bridgehead atoms. The van der Waals surface area contributed by atoms with Crippen molar-refractivity contribution in [1.29, 1.82) is 0 Å². The highest BCUT2D eigenvalue weighted by Gasteiger charge is 2.32. The van der Waals surface area contributed by atoms with E-state index in [1.807, 2.05) is 12.1 Å². The van der Waals surface area contributed by atoms with Gasteiger partial charge in [-0.25, -0.2) is 8.42 Å². The first-order valence-corrected chi connectivity index (χ1v) is 11.3. The highest BCUT2D eigenvalue weighted by atomic mass is 127. The zero-order valence-electron chi connectivity index (χ0n) is 16.8. The van der Waals surface area contributed by atoms with E-state index in [9.17, 15) is 8.42 Å².